The van der Waals surface area contributed by atoms with Gasteiger partial charge in [0.15, 0.2) is 0 Å². The summed E-state index contributed by atoms with van der Waals surface area (Å²) in [5.41, 5.74) is 0.0144. The zero-order chi connectivity index (χ0) is 11.5. The summed E-state index contributed by atoms with van der Waals surface area (Å²) in [6.07, 6.45) is 0. The van der Waals surface area contributed by atoms with E-state index in [4.69, 9.17) is 0 Å². The molecular formula is C11H17N2OS+. The first-order chi connectivity index (χ1) is 6.88. The number of benzene rings is 1. The highest BCUT2D eigenvalue weighted by Crippen LogP contribution is 2.11. The first-order valence-corrected chi connectivity index (χ1v) is 5.55. The van der Waals surface area contributed by atoms with Crippen LogP contribution in [-0.4, -0.2) is 37.0 Å². The summed E-state index contributed by atoms with van der Waals surface area (Å²) in [6, 6.07) is 7.54. The second kappa shape index (κ2) is 4.59. The van der Waals surface area contributed by atoms with E-state index in [2.05, 4.69) is 32.6 Å². The number of aromatic amines is 1. The Hall–Kier alpha value is -1.13. The Morgan fingerprint density at radius 2 is 1.67 bits per heavy atom. The summed E-state index contributed by atoms with van der Waals surface area (Å²) < 4.78 is 4.68. The predicted octanol–water partition coefficient (Wildman–Crippen LogP) is 1.91. The topological polar surface area (TPSA) is 32.9 Å². The van der Waals surface area contributed by atoms with Crippen molar-refractivity contribution >= 4 is 21.6 Å². The predicted molar refractivity (Wildman–Crippen MR) is 66.4 cm³/mol. The van der Waals surface area contributed by atoms with Crippen molar-refractivity contribution < 1.29 is 4.48 Å². The van der Waals surface area contributed by atoms with E-state index in [0.717, 1.165) is 14.6 Å². The molecule has 1 heterocycles. The Kier molecular flexibility index (Phi) is 3.66. The van der Waals surface area contributed by atoms with Crippen molar-refractivity contribution in [3.8, 4) is 0 Å². The molecule has 0 amide bonds. The monoisotopic (exact) mass is 225 g/mol. The molecule has 0 saturated carbocycles. The van der Waals surface area contributed by atoms with Crippen molar-refractivity contribution in [1.82, 2.24) is 4.37 Å². The number of nitrogens with zero attached hydrogens (tertiary/aromatic N) is 1. The van der Waals surface area contributed by atoms with Gasteiger partial charge in [-0.3, -0.25) is 9.17 Å². The van der Waals surface area contributed by atoms with E-state index in [-0.39, 0.29) is 5.56 Å². The Morgan fingerprint density at radius 1 is 1.13 bits per heavy atom. The van der Waals surface area contributed by atoms with Crippen LogP contribution in [0.2, 0.25) is 0 Å². The van der Waals surface area contributed by atoms with E-state index in [0.29, 0.717) is 0 Å². The van der Waals surface area contributed by atoms with E-state index in [1.54, 1.807) is 0 Å². The highest BCUT2D eigenvalue weighted by molar-refractivity contribution is 7.13. The largest absolute Gasteiger partial charge is 0.333 e. The van der Waals surface area contributed by atoms with Crippen LogP contribution in [0.4, 0.5) is 0 Å². The number of aromatic nitrogens is 1. The molecule has 3 nitrogen and oxygen atoms in total. The van der Waals surface area contributed by atoms with Crippen molar-refractivity contribution in [3.05, 3.63) is 34.6 Å². The van der Waals surface area contributed by atoms with Crippen LogP contribution in [0.1, 0.15) is 0 Å². The first-order valence-electron chi connectivity index (χ1n) is 4.73. The Bertz CT molecular complexity index is 473. The second-order valence-corrected chi connectivity index (χ2v) is 5.56. The van der Waals surface area contributed by atoms with Crippen molar-refractivity contribution in [3.63, 3.8) is 0 Å². The van der Waals surface area contributed by atoms with E-state index >= 15 is 0 Å². The molecule has 1 aromatic carbocycles. The van der Waals surface area contributed by atoms with Crippen molar-refractivity contribution in [2.45, 2.75) is 0 Å². The molecule has 0 unspecified atom stereocenters. The molecule has 0 bridgehead atoms. The molecule has 0 spiro atoms. The van der Waals surface area contributed by atoms with Gasteiger partial charge < -0.3 is 4.48 Å². The number of rotatable bonds is 0. The van der Waals surface area contributed by atoms with Crippen LogP contribution in [-0.2, 0) is 0 Å². The maximum atomic E-state index is 10.9. The average Bonchev–Trinajstić information content (AvgIpc) is 2.46. The molecule has 0 aliphatic rings. The van der Waals surface area contributed by atoms with Gasteiger partial charge in [0.25, 0.3) is 5.56 Å². The molecular weight excluding hydrogens is 208 g/mol. The first kappa shape index (κ1) is 11.9. The maximum Gasteiger partial charge on any atom is 0.265 e. The molecule has 0 aliphatic carbocycles. The lowest BCUT2D eigenvalue weighted by Crippen LogP contribution is -2.27. The summed E-state index contributed by atoms with van der Waals surface area (Å²) >= 11 is 1.38. The average molecular weight is 225 g/mol. The van der Waals surface area contributed by atoms with Gasteiger partial charge in [-0.15, -0.1) is 0 Å². The quantitative estimate of drug-likeness (QED) is 0.683. The lowest BCUT2D eigenvalue weighted by atomic mass is 10.3. The summed E-state index contributed by atoms with van der Waals surface area (Å²) in [6.45, 7) is 0. The fourth-order valence-electron chi connectivity index (χ4n) is 0.900. The van der Waals surface area contributed by atoms with Crippen LogP contribution >= 0.6 is 11.5 Å². The van der Waals surface area contributed by atoms with E-state index < -0.39 is 0 Å². The zero-order valence-electron chi connectivity index (χ0n) is 9.57. The minimum absolute atomic E-state index is 0.0144. The molecule has 2 rings (SSSR count). The lowest BCUT2D eigenvalue weighted by Gasteiger charge is -2.14. The van der Waals surface area contributed by atoms with Gasteiger partial charge in [0.05, 0.1) is 38.3 Å². The summed E-state index contributed by atoms with van der Waals surface area (Å²) in [4.78, 5) is 10.9. The SMILES string of the molecule is C[N+](C)(C)C.O=c1[nH]sc2ccccc12. The third-order valence-electron chi connectivity index (χ3n) is 1.39. The van der Waals surface area contributed by atoms with Gasteiger partial charge in [0.2, 0.25) is 0 Å². The fraction of sp³-hybridized carbons (Fsp3) is 0.364. The summed E-state index contributed by atoms with van der Waals surface area (Å²) in [5, 5.41) is 0.785. The minimum Gasteiger partial charge on any atom is -0.333 e. The van der Waals surface area contributed by atoms with Crippen LogP contribution in [0.5, 0.6) is 0 Å². The van der Waals surface area contributed by atoms with Crippen molar-refractivity contribution in [2.24, 2.45) is 0 Å². The number of hydrogen-bond acceptors (Lipinski definition) is 2. The van der Waals surface area contributed by atoms with Crippen LogP contribution in [0, 0.1) is 0 Å². The molecule has 0 aliphatic heterocycles. The van der Waals surface area contributed by atoms with Gasteiger partial charge in [-0.05, 0) is 12.1 Å². The Balaban J connectivity index is 0.000000195. The molecule has 4 heteroatoms. The van der Waals surface area contributed by atoms with Crippen molar-refractivity contribution in [1.29, 1.82) is 0 Å². The Morgan fingerprint density at radius 3 is 2.20 bits per heavy atom. The number of nitrogens with one attached hydrogen (secondary N) is 1. The zero-order valence-corrected chi connectivity index (χ0v) is 10.4. The summed E-state index contributed by atoms with van der Waals surface area (Å²) in [7, 11) is 8.50. The van der Waals surface area contributed by atoms with E-state index in [1.165, 1.54) is 11.5 Å². The highest BCUT2D eigenvalue weighted by atomic mass is 32.1. The maximum absolute atomic E-state index is 10.9. The lowest BCUT2D eigenvalue weighted by molar-refractivity contribution is -0.849. The number of fused-ring (bicyclic) bond motifs is 1. The molecule has 0 saturated heterocycles. The van der Waals surface area contributed by atoms with Crippen LogP contribution in [0.3, 0.4) is 0 Å². The van der Waals surface area contributed by atoms with E-state index in [1.807, 2.05) is 24.3 Å². The highest BCUT2D eigenvalue weighted by Gasteiger charge is 1.96. The summed E-state index contributed by atoms with van der Waals surface area (Å²) in [5.74, 6) is 0. The molecule has 1 N–H and O–H groups in total. The van der Waals surface area contributed by atoms with Crippen LogP contribution < -0.4 is 5.56 Å². The smallest absolute Gasteiger partial charge is 0.265 e. The number of hydrogen-bond donors (Lipinski definition) is 1. The minimum atomic E-state index is 0.0144. The van der Waals surface area contributed by atoms with Gasteiger partial charge in [-0.25, -0.2) is 0 Å². The van der Waals surface area contributed by atoms with Crippen LogP contribution in [0.25, 0.3) is 10.1 Å². The third-order valence-corrected chi connectivity index (χ3v) is 2.25. The van der Waals surface area contributed by atoms with Gasteiger partial charge in [-0.2, -0.15) is 0 Å². The molecule has 0 radical (unpaired) electrons. The number of H-pyrrole nitrogens is 1. The normalized spacial score (nSPS) is 10.9. The molecule has 0 atom stereocenters. The van der Waals surface area contributed by atoms with E-state index in [9.17, 15) is 4.79 Å². The van der Waals surface area contributed by atoms with Crippen molar-refractivity contribution in [2.75, 3.05) is 28.2 Å². The molecule has 82 valence electrons. The van der Waals surface area contributed by atoms with Gasteiger partial charge in [0.1, 0.15) is 0 Å². The van der Waals surface area contributed by atoms with Gasteiger partial charge in [0, 0.05) is 0 Å². The molecule has 1 aromatic heterocycles. The Labute approximate surface area is 93.7 Å². The number of quaternary nitrogens is 1. The molecule has 0 fully saturated rings. The van der Waals surface area contributed by atoms with Crippen LogP contribution in [0.15, 0.2) is 29.1 Å². The molecule has 2 aromatic rings. The van der Waals surface area contributed by atoms with Gasteiger partial charge >= 0.3 is 0 Å². The van der Waals surface area contributed by atoms with Gasteiger partial charge in [-0.1, -0.05) is 23.7 Å². The second-order valence-electron chi connectivity index (χ2n) is 4.71. The standard InChI is InChI=1S/C7H5NOS.C4H12N/c9-7-5-3-1-2-4-6(5)10-8-7;1-5(2,3)4/h1-4H,(H,8,9);1-4H3/q;+1. The fourth-order valence-corrected chi connectivity index (χ4v) is 1.63. The third kappa shape index (κ3) is 4.27. The molecule has 15 heavy (non-hydrogen) atoms.